The Bertz CT molecular complexity index is 99.0. The van der Waals surface area contributed by atoms with Gasteiger partial charge in [-0.2, -0.15) is 0 Å². The van der Waals surface area contributed by atoms with Crippen molar-refractivity contribution in [3.8, 4) is 0 Å². The van der Waals surface area contributed by atoms with Crippen LogP contribution >= 0.6 is 15.9 Å². The van der Waals surface area contributed by atoms with Crippen molar-refractivity contribution in [3.05, 3.63) is 0 Å². The van der Waals surface area contributed by atoms with Gasteiger partial charge < -0.3 is 14.6 Å². The molecular formula is C6H11BrO3. The molecule has 60 valence electrons. The number of hydrogen-bond acceptors (Lipinski definition) is 3. The summed E-state index contributed by atoms with van der Waals surface area (Å²) in [6, 6.07) is 0. The average Bonchev–Trinajstić information content (AvgIpc) is 2.31. The molecule has 1 aliphatic heterocycles. The van der Waals surface area contributed by atoms with Crippen LogP contribution in [-0.2, 0) is 9.47 Å². The molecule has 3 nitrogen and oxygen atoms in total. The second kappa shape index (κ2) is 4.28. The first-order chi connectivity index (χ1) is 4.84. The standard InChI is InChI=1S/C6H11BrO3/c7-5-1-3-9-6(5)10-4-2-8/h5-6,8H,1-4H2/t5-,6+/m1/s1. The van der Waals surface area contributed by atoms with Crippen LogP contribution in [0.3, 0.4) is 0 Å². The summed E-state index contributed by atoms with van der Waals surface area (Å²) in [5.74, 6) is 0. The van der Waals surface area contributed by atoms with E-state index in [0.717, 1.165) is 13.0 Å². The molecule has 0 amide bonds. The Labute approximate surface area is 68.4 Å². The maximum absolute atomic E-state index is 8.42. The minimum absolute atomic E-state index is 0.0551. The second-order valence-electron chi connectivity index (χ2n) is 2.14. The van der Waals surface area contributed by atoms with E-state index in [1.165, 1.54) is 0 Å². The molecule has 1 heterocycles. The number of rotatable bonds is 3. The van der Waals surface area contributed by atoms with Crippen molar-refractivity contribution in [1.82, 2.24) is 0 Å². The van der Waals surface area contributed by atoms with Gasteiger partial charge in [0.2, 0.25) is 0 Å². The van der Waals surface area contributed by atoms with Crippen LogP contribution in [0, 0.1) is 0 Å². The second-order valence-corrected chi connectivity index (χ2v) is 3.31. The van der Waals surface area contributed by atoms with Gasteiger partial charge in [0.05, 0.1) is 24.6 Å². The first-order valence-electron chi connectivity index (χ1n) is 3.32. The number of alkyl halides is 1. The molecule has 0 bridgehead atoms. The summed E-state index contributed by atoms with van der Waals surface area (Å²) >= 11 is 3.40. The number of halogens is 1. The molecule has 0 unspecified atom stereocenters. The average molecular weight is 211 g/mol. The highest BCUT2D eigenvalue weighted by Crippen LogP contribution is 2.21. The smallest absolute Gasteiger partial charge is 0.170 e. The highest BCUT2D eigenvalue weighted by Gasteiger charge is 2.25. The first kappa shape index (κ1) is 8.46. The van der Waals surface area contributed by atoms with Gasteiger partial charge in [0.25, 0.3) is 0 Å². The summed E-state index contributed by atoms with van der Waals surface area (Å²) in [7, 11) is 0. The fourth-order valence-corrected chi connectivity index (χ4v) is 1.35. The van der Waals surface area contributed by atoms with Gasteiger partial charge in [0.15, 0.2) is 6.29 Å². The van der Waals surface area contributed by atoms with E-state index < -0.39 is 0 Å². The molecule has 10 heavy (non-hydrogen) atoms. The lowest BCUT2D eigenvalue weighted by Gasteiger charge is -2.12. The zero-order chi connectivity index (χ0) is 7.40. The molecule has 1 aliphatic rings. The van der Waals surface area contributed by atoms with Gasteiger partial charge in [0.1, 0.15) is 0 Å². The highest BCUT2D eigenvalue weighted by atomic mass is 79.9. The fraction of sp³-hybridized carbons (Fsp3) is 1.00. The predicted octanol–water partition coefficient (Wildman–Crippen LogP) is 0.505. The third-order valence-electron chi connectivity index (χ3n) is 1.34. The van der Waals surface area contributed by atoms with Gasteiger partial charge in [-0.15, -0.1) is 0 Å². The first-order valence-corrected chi connectivity index (χ1v) is 4.24. The van der Waals surface area contributed by atoms with Gasteiger partial charge in [-0.25, -0.2) is 0 Å². The van der Waals surface area contributed by atoms with E-state index in [9.17, 15) is 0 Å². The van der Waals surface area contributed by atoms with Crippen LogP contribution in [-0.4, -0.2) is 36.0 Å². The SMILES string of the molecule is OCCO[C@@H]1OCC[C@H]1Br. The molecule has 4 heteroatoms. The van der Waals surface area contributed by atoms with Crippen LogP contribution < -0.4 is 0 Å². The van der Waals surface area contributed by atoms with E-state index >= 15 is 0 Å². The summed E-state index contributed by atoms with van der Waals surface area (Å²) in [5, 5.41) is 8.42. The molecule has 0 aromatic carbocycles. The van der Waals surface area contributed by atoms with Gasteiger partial charge in [-0.3, -0.25) is 0 Å². The summed E-state index contributed by atoms with van der Waals surface area (Å²) in [4.78, 5) is 0.291. The lowest BCUT2D eigenvalue weighted by Crippen LogP contribution is -2.21. The van der Waals surface area contributed by atoms with Crippen molar-refractivity contribution in [2.45, 2.75) is 17.5 Å². The Hall–Kier alpha value is 0.360. The lowest BCUT2D eigenvalue weighted by atomic mass is 10.4. The summed E-state index contributed by atoms with van der Waals surface area (Å²) in [6.45, 7) is 1.15. The van der Waals surface area contributed by atoms with Crippen LogP contribution in [0.4, 0.5) is 0 Å². The van der Waals surface area contributed by atoms with Crippen LogP contribution in [0.1, 0.15) is 6.42 Å². The lowest BCUT2D eigenvalue weighted by molar-refractivity contribution is -0.114. The summed E-state index contributed by atoms with van der Waals surface area (Å²) < 4.78 is 10.3. The zero-order valence-corrected chi connectivity index (χ0v) is 7.21. The minimum Gasteiger partial charge on any atom is -0.394 e. The largest absolute Gasteiger partial charge is 0.394 e. The molecule has 0 radical (unpaired) electrons. The molecule has 1 saturated heterocycles. The third-order valence-corrected chi connectivity index (χ3v) is 2.23. The molecule has 0 aromatic rings. The highest BCUT2D eigenvalue weighted by molar-refractivity contribution is 9.09. The maximum Gasteiger partial charge on any atom is 0.170 e. The van der Waals surface area contributed by atoms with E-state index in [1.54, 1.807) is 0 Å². The summed E-state index contributed by atoms with van der Waals surface area (Å²) in [6.07, 6.45) is 0.822. The number of aliphatic hydroxyl groups is 1. The molecular weight excluding hydrogens is 200 g/mol. The minimum atomic E-state index is -0.160. The van der Waals surface area contributed by atoms with Crippen molar-refractivity contribution in [2.75, 3.05) is 19.8 Å². The number of ether oxygens (including phenoxy) is 2. The molecule has 0 spiro atoms. The fourth-order valence-electron chi connectivity index (χ4n) is 0.859. The zero-order valence-electron chi connectivity index (χ0n) is 5.62. The topological polar surface area (TPSA) is 38.7 Å². The van der Waals surface area contributed by atoms with Gasteiger partial charge in [-0.1, -0.05) is 15.9 Å². The van der Waals surface area contributed by atoms with Gasteiger partial charge in [0, 0.05) is 0 Å². The van der Waals surface area contributed by atoms with Gasteiger partial charge >= 0.3 is 0 Å². The molecule has 1 rings (SSSR count). The molecule has 0 aliphatic carbocycles. The number of hydrogen-bond donors (Lipinski definition) is 1. The van der Waals surface area contributed by atoms with E-state index in [-0.39, 0.29) is 12.9 Å². The predicted molar refractivity (Wildman–Crippen MR) is 40.1 cm³/mol. The van der Waals surface area contributed by atoms with Crippen LogP contribution in [0.2, 0.25) is 0 Å². The quantitative estimate of drug-likeness (QED) is 0.691. The van der Waals surface area contributed by atoms with E-state index in [1.807, 2.05) is 0 Å². The van der Waals surface area contributed by atoms with Crippen molar-refractivity contribution in [1.29, 1.82) is 0 Å². The van der Waals surface area contributed by atoms with Crippen LogP contribution in [0.5, 0.6) is 0 Å². The van der Waals surface area contributed by atoms with Gasteiger partial charge in [-0.05, 0) is 6.42 Å². The normalized spacial score (nSPS) is 33.0. The van der Waals surface area contributed by atoms with Crippen molar-refractivity contribution < 1.29 is 14.6 Å². The molecule has 0 aromatic heterocycles. The Kier molecular flexibility index (Phi) is 3.62. The van der Waals surface area contributed by atoms with E-state index in [0.29, 0.717) is 11.4 Å². The molecule has 1 fully saturated rings. The Morgan fingerprint density at radius 3 is 3.00 bits per heavy atom. The summed E-state index contributed by atoms with van der Waals surface area (Å²) in [5.41, 5.74) is 0. The van der Waals surface area contributed by atoms with E-state index in [2.05, 4.69) is 15.9 Å². The molecule has 2 atom stereocenters. The van der Waals surface area contributed by atoms with Crippen LogP contribution in [0.25, 0.3) is 0 Å². The van der Waals surface area contributed by atoms with Crippen molar-refractivity contribution in [2.24, 2.45) is 0 Å². The Balaban J connectivity index is 2.14. The maximum atomic E-state index is 8.42. The monoisotopic (exact) mass is 210 g/mol. The van der Waals surface area contributed by atoms with Crippen molar-refractivity contribution in [3.63, 3.8) is 0 Å². The molecule has 1 N–H and O–H groups in total. The Morgan fingerprint density at radius 2 is 2.50 bits per heavy atom. The number of aliphatic hydroxyl groups excluding tert-OH is 1. The van der Waals surface area contributed by atoms with Crippen molar-refractivity contribution >= 4 is 15.9 Å². The van der Waals surface area contributed by atoms with E-state index in [4.69, 9.17) is 14.6 Å². The third kappa shape index (κ3) is 2.20. The molecule has 0 saturated carbocycles. The van der Waals surface area contributed by atoms with Crippen LogP contribution in [0.15, 0.2) is 0 Å². The Morgan fingerprint density at radius 1 is 1.70 bits per heavy atom.